The molecule has 5 nitrogen and oxygen atoms in total. The first kappa shape index (κ1) is 18.2. The van der Waals surface area contributed by atoms with Crippen molar-refractivity contribution in [1.29, 1.82) is 0 Å². The second-order valence-corrected chi connectivity index (χ2v) is 8.90. The predicted octanol–water partition coefficient (Wildman–Crippen LogP) is 3.26. The zero-order valence-corrected chi connectivity index (χ0v) is 15.9. The topological polar surface area (TPSA) is 53.8 Å². The number of sulfonamides is 1. The molecule has 0 unspecified atom stereocenters. The van der Waals surface area contributed by atoms with E-state index in [1.807, 2.05) is 0 Å². The Balaban J connectivity index is 1.71. The summed E-state index contributed by atoms with van der Waals surface area (Å²) in [6.45, 7) is 3.63. The van der Waals surface area contributed by atoms with Crippen LogP contribution in [0.1, 0.15) is 36.7 Å². The molecule has 2 aromatic rings. The maximum Gasteiger partial charge on any atom is 0.275 e. The highest BCUT2D eigenvalue weighted by Gasteiger charge is 2.30. The van der Waals surface area contributed by atoms with E-state index in [1.165, 1.54) is 42.4 Å². The van der Waals surface area contributed by atoms with E-state index in [9.17, 15) is 8.42 Å². The molecular weight excluding hydrogens is 336 g/mol. The molecule has 1 aromatic carbocycles. The maximum absolute atomic E-state index is 12.1. The molecule has 3 rings (SSSR count). The van der Waals surface area contributed by atoms with Crippen molar-refractivity contribution in [2.24, 2.45) is 0 Å². The third kappa shape index (κ3) is 4.32. The minimum absolute atomic E-state index is 0.00976. The first-order valence-electron chi connectivity index (χ1n) is 8.73. The van der Waals surface area contributed by atoms with Crippen LogP contribution in [0.5, 0.6) is 0 Å². The molecule has 25 heavy (non-hydrogen) atoms. The van der Waals surface area contributed by atoms with Gasteiger partial charge in [0.05, 0.1) is 6.54 Å². The number of hydrogen-bond acceptors (Lipinski definition) is 4. The van der Waals surface area contributed by atoms with Crippen LogP contribution >= 0.6 is 0 Å². The molecule has 0 N–H and O–H groups in total. The van der Waals surface area contributed by atoms with Gasteiger partial charge < -0.3 is 4.42 Å². The lowest BCUT2D eigenvalue weighted by Crippen LogP contribution is -2.25. The molecule has 1 aliphatic rings. The van der Waals surface area contributed by atoms with Crippen LogP contribution in [-0.2, 0) is 29.5 Å². The molecule has 0 saturated heterocycles. The van der Waals surface area contributed by atoms with Gasteiger partial charge in [-0.25, -0.2) is 12.7 Å². The van der Waals surface area contributed by atoms with Crippen molar-refractivity contribution in [2.45, 2.75) is 50.4 Å². The third-order valence-electron chi connectivity index (χ3n) is 4.61. The maximum atomic E-state index is 12.1. The molecule has 0 amide bonds. The van der Waals surface area contributed by atoms with E-state index in [0.29, 0.717) is 18.3 Å². The molecule has 0 bridgehead atoms. The van der Waals surface area contributed by atoms with Gasteiger partial charge >= 0.3 is 0 Å². The summed E-state index contributed by atoms with van der Waals surface area (Å²) in [7, 11) is -0.499. The highest BCUT2D eigenvalue weighted by Crippen LogP contribution is 2.30. The lowest BCUT2D eigenvalue weighted by atomic mass is 10.1. The highest BCUT2D eigenvalue weighted by molar-refractivity contribution is 7.88. The smallest absolute Gasteiger partial charge is 0.275 e. The summed E-state index contributed by atoms with van der Waals surface area (Å²) in [6, 6.07) is 12.6. The van der Waals surface area contributed by atoms with Gasteiger partial charge in [-0.05, 0) is 42.5 Å². The number of furan rings is 1. The fourth-order valence-electron chi connectivity index (χ4n) is 2.83. The van der Waals surface area contributed by atoms with Crippen LogP contribution in [0.15, 0.2) is 45.9 Å². The molecule has 1 heterocycles. The molecule has 0 radical (unpaired) electrons. The van der Waals surface area contributed by atoms with Gasteiger partial charge in [-0.1, -0.05) is 31.2 Å². The van der Waals surface area contributed by atoms with Crippen LogP contribution in [0.3, 0.4) is 0 Å². The van der Waals surface area contributed by atoms with Gasteiger partial charge in [0.1, 0.15) is 5.76 Å². The molecule has 1 saturated carbocycles. The van der Waals surface area contributed by atoms with Gasteiger partial charge in [0.25, 0.3) is 10.0 Å². The first-order valence-corrected chi connectivity index (χ1v) is 10.2. The summed E-state index contributed by atoms with van der Waals surface area (Å²) >= 11 is 0. The van der Waals surface area contributed by atoms with Crippen molar-refractivity contribution in [3.8, 4) is 0 Å². The lowest BCUT2D eigenvalue weighted by molar-refractivity contribution is 0.218. The minimum atomic E-state index is -3.51. The van der Waals surface area contributed by atoms with Gasteiger partial charge in [0.15, 0.2) is 0 Å². The van der Waals surface area contributed by atoms with Gasteiger partial charge in [-0.15, -0.1) is 0 Å². The van der Waals surface area contributed by atoms with Gasteiger partial charge in [0, 0.05) is 26.7 Å². The van der Waals surface area contributed by atoms with Crippen molar-refractivity contribution >= 4 is 10.0 Å². The normalized spacial score (nSPS) is 15.2. The third-order valence-corrected chi connectivity index (χ3v) is 6.30. The summed E-state index contributed by atoms with van der Waals surface area (Å²) < 4.78 is 31.1. The van der Waals surface area contributed by atoms with Crippen molar-refractivity contribution in [1.82, 2.24) is 9.21 Å². The number of rotatable bonds is 8. The standard InChI is InChI=1S/C19H26N2O3S/c1-4-15-5-7-16(8-6-15)13-21(17-9-10-17)14-18-11-12-19(24-18)25(22,23)20(2)3/h5-8,11-12,17H,4,9-10,13-14H2,1-3H3. The number of nitrogens with zero attached hydrogens (tertiary/aromatic N) is 2. The average Bonchev–Trinajstić information content (AvgIpc) is 3.33. The van der Waals surface area contributed by atoms with E-state index in [1.54, 1.807) is 12.1 Å². The lowest BCUT2D eigenvalue weighted by Gasteiger charge is -2.21. The van der Waals surface area contributed by atoms with Crippen molar-refractivity contribution < 1.29 is 12.8 Å². The quantitative estimate of drug-likeness (QED) is 0.723. The molecule has 0 spiro atoms. The number of hydrogen-bond donors (Lipinski definition) is 0. The molecule has 1 aromatic heterocycles. The summed E-state index contributed by atoms with van der Waals surface area (Å²) in [6.07, 6.45) is 3.43. The zero-order valence-electron chi connectivity index (χ0n) is 15.1. The predicted molar refractivity (Wildman–Crippen MR) is 97.7 cm³/mol. The Bertz CT molecular complexity index is 805. The van der Waals surface area contributed by atoms with Crippen LogP contribution < -0.4 is 0 Å². The Morgan fingerprint density at radius 3 is 2.20 bits per heavy atom. The molecule has 0 atom stereocenters. The molecule has 0 aliphatic heterocycles. The van der Waals surface area contributed by atoms with Crippen LogP contribution in [0.25, 0.3) is 0 Å². The van der Waals surface area contributed by atoms with Crippen LogP contribution in [0.4, 0.5) is 0 Å². The van der Waals surface area contributed by atoms with Gasteiger partial charge in [-0.3, -0.25) is 4.90 Å². The van der Waals surface area contributed by atoms with Gasteiger partial charge in [0.2, 0.25) is 5.09 Å². The molecule has 1 aliphatic carbocycles. The van der Waals surface area contributed by atoms with Crippen LogP contribution in [0.2, 0.25) is 0 Å². The van der Waals surface area contributed by atoms with Crippen LogP contribution in [-0.4, -0.2) is 37.8 Å². The molecule has 6 heteroatoms. The SMILES string of the molecule is CCc1ccc(CN(Cc2ccc(S(=O)(=O)N(C)C)o2)C2CC2)cc1. The molecule has 136 valence electrons. The Hall–Kier alpha value is -1.63. The number of benzene rings is 1. The number of aryl methyl sites for hydroxylation is 1. The summed E-state index contributed by atoms with van der Waals surface area (Å²) in [5.41, 5.74) is 2.61. The fourth-order valence-corrected chi connectivity index (χ4v) is 3.64. The monoisotopic (exact) mass is 362 g/mol. The Kier molecular flexibility index (Phi) is 5.32. The van der Waals surface area contributed by atoms with E-state index in [0.717, 1.165) is 13.0 Å². The van der Waals surface area contributed by atoms with Crippen LogP contribution in [0, 0.1) is 0 Å². The summed E-state index contributed by atoms with van der Waals surface area (Å²) in [4.78, 5) is 2.37. The summed E-state index contributed by atoms with van der Waals surface area (Å²) in [5, 5.41) is 0.00976. The second kappa shape index (κ2) is 7.32. The minimum Gasteiger partial charge on any atom is -0.447 e. The molecule has 1 fully saturated rings. The van der Waals surface area contributed by atoms with E-state index < -0.39 is 10.0 Å². The Morgan fingerprint density at radius 1 is 1.00 bits per heavy atom. The van der Waals surface area contributed by atoms with Gasteiger partial charge in [-0.2, -0.15) is 0 Å². The van der Waals surface area contributed by atoms with E-state index >= 15 is 0 Å². The Labute approximate surface area is 150 Å². The molecular formula is C19H26N2O3S. The zero-order chi connectivity index (χ0) is 18.0. The first-order chi connectivity index (χ1) is 11.9. The Morgan fingerprint density at radius 2 is 1.64 bits per heavy atom. The van der Waals surface area contributed by atoms with E-state index in [2.05, 4.69) is 36.1 Å². The van der Waals surface area contributed by atoms with E-state index in [-0.39, 0.29) is 5.09 Å². The van der Waals surface area contributed by atoms with Crippen molar-refractivity contribution in [3.63, 3.8) is 0 Å². The van der Waals surface area contributed by atoms with Crippen molar-refractivity contribution in [2.75, 3.05) is 14.1 Å². The summed E-state index contributed by atoms with van der Waals surface area (Å²) in [5.74, 6) is 0.692. The highest BCUT2D eigenvalue weighted by atomic mass is 32.2. The van der Waals surface area contributed by atoms with E-state index in [4.69, 9.17) is 4.42 Å². The van der Waals surface area contributed by atoms with Crippen molar-refractivity contribution in [3.05, 3.63) is 53.3 Å². The fraction of sp³-hybridized carbons (Fsp3) is 0.474. The largest absolute Gasteiger partial charge is 0.447 e. The second-order valence-electron chi connectivity index (χ2n) is 6.81. The average molecular weight is 362 g/mol.